The lowest BCUT2D eigenvalue weighted by molar-refractivity contribution is -0.148. The summed E-state index contributed by atoms with van der Waals surface area (Å²) >= 11 is 0. The van der Waals surface area contributed by atoms with E-state index in [4.69, 9.17) is 5.73 Å². The molecule has 1 saturated carbocycles. The van der Waals surface area contributed by atoms with E-state index in [2.05, 4.69) is 5.32 Å². The number of nitrogens with one attached hydrogen (secondary N) is 1. The van der Waals surface area contributed by atoms with E-state index in [1.165, 1.54) is 6.08 Å². The molecule has 1 aromatic carbocycles. The van der Waals surface area contributed by atoms with Crippen molar-refractivity contribution in [2.75, 3.05) is 5.73 Å². The van der Waals surface area contributed by atoms with Crippen molar-refractivity contribution < 1.29 is 14.7 Å². The highest BCUT2D eigenvalue weighted by molar-refractivity contribution is 5.95. The Labute approximate surface area is 123 Å². The van der Waals surface area contributed by atoms with Gasteiger partial charge in [-0.05, 0) is 36.6 Å². The maximum atomic E-state index is 12.0. The van der Waals surface area contributed by atoms with Crippen molar-refractivity contribution in [2.45, 2.75) is 37.6 Å². The van der Waals surface area contributed by atoms with Gasteiger partial charge in [-0.2, -0.15) is 0 Å². The van der Waals surface area contributed by atoms with Crippen molar-refractivity contribution in [1.82, 2.24) is 5.32 Å². The molecular weight excluding hydrogens is 268 g/mol. The largest absolute Gasteiger partial charge is 0.480 e. The second kappa shape index (κ2) is 6.43. The van der Waals surface area contributed by atoms with Crippen LogP contribution in [0.15, 0.2) is 30.3 Å². The Hall–Kier alpha value is -2.30. The predicted molar refractivity (Wildman–Crippen MR) is 81.5 cm³/mol. The number of hydrogen-bond donors (Lipinski definition) is 3. The van der Waals surface area contributed by atoms with Crippen LogP contribution in [0.3, 0.4) is 0 Å². The minimum atomic E-state index is -1.11. The maximum Gasteiger partial charge on any atom is 0.329 e. The summed E-state index contributed by atoms with van der Waals surface area (Å²) in [5.41, 5.74) is 5.97. The molecule has 0 radical (unpaired) electrons. The topological polar surface area (TPSA) is 92.4 Å². The maximum absolute atomic E-state index is 12.0. The fourth-order valence-electron chi connectivity index (χ4n) is 2.60. The van der Waals surface area contributed by atoms with Crippen LogP contribution >= 0.6 is 0 Å². The number of aliphatic carboxylic acids is 1. The Morgan fingerprint density at radius 3 is 2.33 bits per heavy atom. The Morgan fingerprint density at radius 2 is 1.76 bits per heavy atom. The molecule has 0 heterocycles. The van der Waals surface area contributed by atoms with Gasteiger partial charge in [0.05, 0.1) is 0 Å². The van der Waals surface area contributed by atoms with Gasteiger partial charge in [0.1, 0.15) is 5.54 Å². The van der Waals surface area contributed by atoms with Gasteiger partial charge in [0.25, 0.3) is 0 Å². The van der Waals surface area contributed by atoms with Crippen molar-refractivity contribution >= 4 is 23.6 Å². The molecule has 0 bridgehead atoms. The molecule has 0 saturated heterocycles. The zero-order chi connectivity index (χ0) is 15.3. The van der Waals surface area contributed by atoms with Gasteiger partial charge in [0, 0.05) is 11.8 Å². The number of hydrogen-bond acceptors (Lipinski definition) is 3. The third kappa shape index (κ3) is 3.84. The highest BCUT2D eigenvalue weighted by atomic mass is 16.4. The van der Waals surface area contributed by atoms with E-state index in [1.54, 1.807) is 30.3 Å². The first-order valence-electron chi connectivity index (χ1n) is 7.11. The van der Waals surface area contributed by atoms with Gasteiger partial charge in [-0.25, -0.2) is 4.79 Å². The summed E-state index contributed by atoms with van der Waals surface area (Å²) in [6.45, 7) is 0. The Bertz CT molecular complexity index is 543. The zero-order valence-electron chi connectivity index (χ0n) is 11.8. The Kier molecular flexibility index (Phi) is 4.62. The molecule has 0 spiro atoms. The van der Waals surface area contributed by atoms with Gasteiger partial charge in [0.15, 0.2) is 0 Å². The third-order valence-electron chi connectivity index (χ3n) is 3.84. The summed E-state index contributed by atoms with van der Waals surface area (Å²) < 4.78 is 0. The highest BCUT2D eigenvalue weighted by Crippen LogP contribution is 2.28. The van der Waals surface area contributed by atoms with E-state index < -0.39 is 11.5 Å². The molecule has 0 aliphatic heterocycles. The van der Waals surface area contributed by atoms with Gasteiger partial charge < -0.3 is 16.2 Å². The summed E-state index contributed by atoms with van der Waals surface area (Å²) in [5.74, 6) is -1.33. The summed E-state index contributed by atoms with van der Waals surface area (Å²) in [5, 5.41) is 12.1. The van der Waals surface area contributed by atoms with Gasteiger partial charge >= 0.3 is 5.97 Å². The average Bonchev–Trinajstić information content (AvgIpc) is 2.47. The normalized spacial score (nSPS) is 17.5. The molecule has 0 aromatic heterocycles. The van der Waals surface area contributed by atoms with E-state index >= 15 is 0 Å². The number of carboxylic acid groups (broad SMARTS) is 1. The monoisotopic (exact) mass is 288 g/mol. The second-order valence-electron chi connectivity index (χ2n) is 5.44. The molecule has 1 amide bonds. The third-order valence-corrected chi connectivity index (χ3v) is 3.84. The quantitative estimate of drug-likeness (QED) is 0.585. The van der Waals surface area contributed by atoms with E-state index in [-0.39, 0.29) is 5.91 Å². The van der Waals surface area contributed by atoms with Crippen LogP contribution < -0.4 is 11.1 Å². The highest BCUT2D eigenvalue weighted by Gasteiger charge is 2.40. The van der Waals surface area contributed by atoms with E-state index in [0.717, 1.165) is 24.8 Å². The molecule has 0 atom stereocenters. The van der Waals surface area contributed by atoms with Crippen molar-refractivity contribution in [2.24, 2.45) is 0 Å². The average molecular weight is 288 g/mol. The molecule has 1 fully saturated rings. The first kappa shape index (κ1) is 15.1. The molecule has 2 rings (SSSR count). The lowest BCUT2D eigenvalue weighted by atomic mass is 9.81. The van der Waals surface area contributed by atoms with Crippen LogP contribution in [0.2, 0.25) is 0 Å². The summed E-state index contributed by atoms with van der Waals surface area (Å²) in [6, 6.07) is 7.09. The first-order chi connectivity index (χ1) is 10.0. The van der Waals surface area contributed by atoms with Gasteiger partial charge in [0.2, 0.25) is 5.91 Å². The number of carbonyl (C=O) groups is 2. The lowest BCUT2D eigenvalue weighted by Crippen LogP contribution is -2.55. The van der Waals surface area contributed by atoms with Gasteiger partial charge in [-0.3, -0.25) is 4.79 Å². The number of carboxylic acids is 1. The summed E-state index contributed by atoms with van der Waals surface area (Å²) in [7, 11) is 0. The minimum Gasteiger partial charge on any atom is -0.480 e. The molecule has 112 valence electrons. The number of nitrogen functional groups attached to an aromatic ring is 1. The van der Waals surface area contributed by atoms with Crippen LogP contribution in [0.5, 0.6) is 0 Å². The molecule has 4 N–H and O–H groups in total. The molecule has 21 heavy (non-hydrogen) atoms. The fourth-order valence-corrected chi connectivity index (χ4v) is 2.60. The Morgan fingerprint density at radius 1 is 1.14 bits per heavy atom. The lowest BCUT2D eigenvalue weighted by Gasteiger charge is -2.33. The van der Waals surface area contributed by atoms with Crippen LogP contribution in [-0.2, 0) is 9.59 Å². The predicted octanol–water partition coefficient (Wildman–Crippen LogP) is 2.19. The van der Waals surface area contributed by atoms with Crippen molar-refractivity contribution in [1.29, 1.82) is 0 Å². The molecule has 5 heteroatoms. The van der Waals surface area contributed by atoms with E-state index in [1.807, 2.05) is 0 Å². The molecule has 5 nitrogen and oxygen atoms in total. The SMILES string of the molecule is Nc1ccc(/C=C/C(=O)NC2(C(=O)O)CCCCC2)cc1. The summed E-state index contributed by atoms with van der Waals surface area (Å²) in [6.07, 6.45) is 6.67. The number of anilines is 1. The first-order valence-corrected chi connectivity index (χ1v) is 7.11. The second-order valence-corrected chi connectivity index (χ2v) is 5.44. The number of rotatable bonds is 4. The van der Waals surface area contributed by atoms with Crippen LogP contribution in [0.25, 0.3) is 6.08 Å². The van der Waals surface area contributed by atoms with Crippen molar-refractivity contribution in [3.63, 3.8) is 0 Å². The van der Waals surface area contributed by atoms with Gasteiger partial charge in [-0.15, -0.1) is 0 Å². The van der Waals surface area contributed by atoms with Crippen LogP contribution in [0.4, 0.5) is 5.69 Å². The summed E-state index contributed by atoms with van der Waals surface area (Å²) in [4.78, 5) is 23.4. The van der Waals surface area contributed by atoms with Crippen LogP contribution in [0, 0.1) is 0 Å². The minimum absolute atomic E-state index is 0.379. The zero-order valence-corrected chi connectivity index (χ0v) is 11.8. The van der Waals surface area contributed by atoms with Crippen LogP contribution in [-0.4, -0.2) is 22.5 Å². The standard InChI is InChI=1S/C16H20N2O3/c17-13-7-4-12(5-8-13)6-9-14(19)18-16(15(20)21)10-2-1-3-11-16/h4-9H,1-3,10-11,17H2,(H,18,19)(H,20,21)/b9-6+. The number of nitrogens with two attached hydrogens (primary N) is 1. The van der Waals surface area contributed by atoms with Gasteiger partial charge in [-0.1, -0.05) is 31.4 Å². The van der Waals surface area contributed by atoms with Crippen molar-refractivity contribution in [3.05, 3.63) is 35.9 Å². The van der Waals surface area contributed by atoms with Crippen molar-refractivity contribution in [3.8, 4) is 0 Å². The molecule has 0 unspecified atom stereocenters. The van der Waals surface area contributed by atoms with E-state index in [9.17, 15) is 14.7 Å². The fraction of sp³-hybridized carbons (Fsp3) is 0.375. The molecule has 1 aliphatic carbocycles. The molecule has 1 aliphatic rings. The van der Waals surface area contributed by atoms with Crippen LogP contribution in [0.1, 0.15) is 37.7 Å². The number of carbonyl (C=O) groups excluding carboxylic acids is 1. The Balaban J connectivity index is 2.02. The number of amides is 1. The smallest absolute Gasteiger partial charge is 0.329 e. The molecule has 1 aromatic rings. The number of benzene rings is 1. The molecular formula is C16H20N2O3. The van der Waals surface area contributed by atoms with E-state index in [0.29, 0.717) is 18.5 Å².